The molecule has 1 aliphatic carbocycles. The zero-order valence-corrected chi connectivity index (χ0v) is 8.75. The second-order valence-corrected chi connectivity index (χ2v) is 3.83. The predicted octanol–water partition coefficient (Wildman–Crippen LogP) is 0.928. The lowest BCUT2D eigenvalue weighted by molar-refractivity contribution is -0.142. The summed E-state index contributed by atoms with van der Waals surface area (Å²) in [6.07, 6.45) is 3.44. The first-order valence-electron chi connectivity index (χ1n) is 4.79. The first kappa shape index (κ1) is 11.0. The Labute approximate surface area is 84.4 Å². The Morgan fingerprint density at radius 3 is 2.64 bits per heavy atom. The van der Waals surface area contributed by atoms with Gasteiger partial charge in [0.05, 0.1) is 18.1 Å². The number of ether oxygens (including phenoxy) is 1. The smallest absolute Gasteiger partial charge is 0.226 e. The van der Waals surface area contributed by atoms with E-state index in [-0.39, 0.29) is 18.1 Å². The molecule has 0 saturated heterocycles. The summed E-state index contributed by atoms with van der Waals surface area (Å²) in [6.45, 7) is 0.151. The molecule has 1 aliphatic rings. The van der Waals surface area contributed by atoms with Gasteiger partial charge in [-0.25, -0.2) is 0 Å². The van der Waals surface area contributed by atoms with Crippen molar-refractivity contribution in [1.29, 1.82) is 5.26 Å². The van der Waals surface area contributed by atoms with Crippen molar-refractivity contribution in [3.8, 4) is 6.07 Å². The second kappa shape index (κ2) is 4.43. The monoisotopic (exact) mass is 196 g/mol. The topological polar surface area (TPSA) is 53.3 Å². The number of nitrogens with zero attached hydrogens (tertiary/aromatic N) is 2. The zero-order chi connectivity index (χ0) is 10.6. The van der Waals surface area contributed by atoms with Crippen molar-refractivity contribution in [2.24, 2.45) is 0 Å². The van der Waals surface area contributed by atoms with Gasteiger partial charge in [-0.2, -0.15) is 5.26 Å². The van der Waals surface area contributed by atoms with Crippen molar-refractivity contribution in [3.63, 3.8) is 0 Å². The third kappa shape index (κ3) is 2.24. The molecule has 0 aromatic carbocycles. The van der Waals surface area contributed by atoms with Crippen molar-refractivity contribution < 1.29 is 9.53 Å². The Bertz CT molecular complexity index is 248. The van der Waals surface area contributed by atoms with E-state index in [9.17, 15) is 4.79 Å². The van der Waals surface area contributed by atoms with Crippen LogP contribution in [0.4, 0.5) is 0 Å². The molecular formula is C10H16N2O2. The number of amides is 1. The predicted molar refractivity (Wildman–Crippen MR) is 51.5 cm³/mol. The maximum Gasteiger partial charge on any atom is 0.226 e. The Balaban J connectivity index is 2.43. The summed E-state index contributed by atoms with van der Waals surface area (Å²) in [5, 5.41) is 8.44. The molecule has 4 heteroatoms. The average Bonchev–Trinajstić information content (AvgIpc) is 2.11. The highest BCUT2D eigenvalue weighted by Crippen LogP contribution is 2.38. The first-order chi connectivity index (χ1) is 6.63. The van der Waals surface area contributed by atoms with Crippen molar-refractivity contribution >= 4 is 5.91 Å². The summed E-state index contributed by atoms with van der Waals surface area (Å²) in [5.41, 5.74) is -0.235. The van der Waals surface area contributed by atoms with Crippen LogP contribution in [0.15, 0.2) is 0 Å². The minimum absolute atomic E-state index is 0.00639. The SMILES string of the molecule is COC1(CC(=O)N(C)CC#N)CCC1. The first-order valence-corrected chi connectivity index (χ1v) is 4.79. The maximum absolute atomic E-state index is 11.6. The largest absolute Gasteiger partial charge is 0.378 e. The summed E-state index contributed by atoms with van der Waals surface area (Å²) in [4.78, 5) is 13.0. The van der Waals surface area contributed by atoms with Gasteiger partial charge in [-0.1, -0.05) is 0 Å². The van der Waals surface area contributed by atoms with Crippen molar-refractivity contribution in [1.82, 2.24) is 4.90 Å². The van der Waals surface area contributed by atoms with E-state index in [1.165, 1.54) is 4.90 Å². The fourth-order valence-corrected chi connectivity index (χ4v) is 1.63. The third-order valence-electron chi connectivity index (χ3n) is 2.90. The van der Waals surface area contributed by atoms with Crippen LogP contribution in [-0.4, -0.2) is 37.1 Å². The lowest BCUT2D eigenvalue weighted by Crippen LogP contribution is -2.44. The molecule has 14 heavy (non-hydrogen) atoms. The van der Waals surface area contributed by atoms with Gasteiger partial charge in [0.1, 0.15) is 6.54 Å². The number of carbonyl (C=O) groups excluding carboxylic acids is 1. The van der Waals surface area contributed by atoms with Crippen LogP contribution in [0.5, 0.6) is 0 Å². The van der Waals surface area contributed by atoms with Crippen LogP contribution >= 0.6 is 0 Å². The van der Waals surface area contributed by atoms with Gasteiger partial charge in [0.2, 0.25) is 5.91 Å². The number of hydrogen-bond donors (Lipinski definition) is 0. The Hall–Kier alpha value is -1.08. The fraction of sp³-hybridized carbons (Fsp3) is 0.800. The van der Waals surface area contributed by atoms with E-state index in [0.717, 1.165) is 19.3 Å². The van der Waals surface area contributed by atoms with Gasteiger partial charge in [0, 0.05) is 14.2 Å². The zero-order valence-electron chi connectivity index (χ0n) is 8.75. The van der Waals surface area contributed by atoms with Gasteiger partial charge >= 0.3 is 0 Å². The molecule has 4 nitrogen and oxygen atoms in total. The van der Waals surface area contributed by atoms with Crippen molar-refractivity contribution in [2.45, 2.75) is 31.3 Å². The lowest BCUT2D eigenvalue weighted by atomic mass is 9.77. The molecule has 1 amide bonds. The minimum atomic E-state index is -0.235. The molecule has 0 aromatic rings. The minimum Gasteiger partial charge on any atom is -0.378 e. The maximum atomic E-state index is 11.6. The highest BCUT2D eigenvalue weighted by atomic mass is 16.5. The molecule has 0 heterocycles. The lowest BCUT2D eigenvalue weighted by Gasteiger charge is -2.40. The molecule has 0 aliphatic heterocycles. The van der Waals surface area contributed by atoms with Crippen LogP contribution in [0.1, 0.15) is 25.7 Å². The van der Waals surface area contributed by atoms with Gasteiger partial charge in [0.25, 0.3) is 0 Å². The van der Waals surface area contributed by atoms with Crippen LogP contribution < -0.4 is 0 Å². The number of nitriles is 1. The van der Waals surface area contributed by atoms with E-state index < -0.39 is 0 Å². The van der Waals surface area contributed by atoms with Gasteiger partial charge in [-0.3, -0.25) is 4.79 Å². The van der Waals surface area contributed by atoms with Crippen molar-refractivity contribution in [2.75, 3.05) is 20.7 Å². The van der Waals surface area contributed by atoms with Crippen LogP contribution in [0.3, 0.4) is 0 Å². The number of hydrogen-bond acceptors (Lipinski definition) is 3. The molecule has 0 unspecified atom stereocenters. The Kier molecular flexibility index (Phi) is 3.48. The van der Waals surface area contributed by atoms with Gasteiger partial charge in [-0.05, 0) is 19.3 Å². The van der Waals surface area contributed by atoms with E-state index in [2.05, 4.69) is 0 Å². The highest BCUT2D eigenvalue weighted by molar-refractivity contribution is 5.77. The molecule has 0 spiro atoms. The van der Waals surface area contributed by atoms with Gasteiger partial charge in [-0.15, -0.1) is 0 Å². The van der Waals surface area contributed by atoms with E-state index in [1.807, 2.05) is 6.07 Å². The molecule has 0 N–H and O–H groups in total. The van der Waals surface area contributed by atoms with Crippen LogP contribution in [0, 0.1) is 11.3 Å². The molecule has 1 saturated carbocycles. The van der Waals surface area contributed by atoms with Crippen LogP contribution in [0.2, 0.25) is 0 Å². The summed E-state index contributed by atoms with van der Waals surface area (Å²) in [7, 11) is 3.30. The molecule has 0 bridgehead atoms. The molecular weight excluding hydrogens is 180 g/mol. The summed E-state index contributed by atoms with van der Waals surface area (Å²) in [5.74, 6) is -0.00639. The van der Waals surface area contributed by atoms with Crippen molar-refractivity contribution in [3.05, 3.63) is 0 Å². The number of rotatable bonds is 4. The summed E-state index contributed by atoms with van der Waals surface area (Å²) < 4.78 is 5.34. The Morgan fingerprint density at radius 2 is 2.29 bits per heavy atom. The van der Waals surface area contributed by atoms with Gasteiger partial charge < -0.3 is 9.64 Å². The molecule has 1 fully saturated rings. The molecule has 78 valence electrons. The van der Waals surface area contributed by atoms with Crippen LogP contribution in [-0.2, 0) is 9.53 Å². The molecule has 0 atom stereocenters. The molecule has 0 aromatic heterocycles. The van der Waals surface area contributed by atoms with E-state index in [1.54, 1.807) is 14.2 Å². The van der Waals surface area contributed by atoms with E-state index >= 15 is 0 Å². The normalized spacial score (nSPS) is 18.1. The highest BCUT2D eigenvalue weighted by Gasteiger charge is 2.39. The summed E-state index contributed by atoms with van der Waals surface area (Å²) in [6, 6.07) is 1.95. The van der Waals surface area contributed by atoms with Crippen LogP contribution in [0.25, 0.3) is 0 Å². The summed E-state index contributed by atoms with van der Waals surface area (Å²) >= 11 is 0. The van der Waals surface area contributed by atoms with E-state index in [0.29, 0.717) is 6.42 Å². The fourth-order valence-electron chi connectivity index (χ4n) is 1.63. The average molecular weight is 196 g/mol. The van der Waals surface area contributed by atoms with E-state index in [4.69, 9.17) is 10.00 Å². The quantitative estimate of drug-likeness (QED) is 0.628. The molecule has 0 radical (unpaired) electrons. The second-order valence-electron chi connectivity index (χ2n) is 3.83. The molecule has 1 rings (SSSR count). The third-order valence-corrected chi connectivity index (χ3v) is 2.90. The standard InChI is InChI=1S/C10H16N2O2/c1-12(7-6-11)9(13)8-10(14-2)4-3-5-10/h3-5,7-8H2,1-2H3. The number of carbonyl (C=O) groups is 1. The Morgan fingerprint density at radius 1 is 1.64 bits per heavy atom. The number of methoxy groups -OCH3 is 1. The van der Waals surface area contributed by atoms with Gasteiger partial charge in [0.15, 0.2) is 0 Å².